The van der Waals surface area contributed by atoms with Crippen LogP contribution in [0, 0.1) is 0 Å². The average Bonchev–Trinajstić information content (AvgIpc) is 3.11. The zero-order valence-electron chi connectivity index (χ0n) is 12.3. The van der Waals surface area contributed by atoms with Gasteiger partial charge in [-0.3, -0.25) is 4.79 Å². The minimum Gasteiger partial charge on any atom is -0.480 e. The molecule has 1 aliphatic rings. The zero-order chi connectivity index (χ0) is 15.6. The van der Waals surface area contributed by atoms with Gasteiger partial charge in [0.05, 0.1) is 5.56 Å². The number of benzene rings is 2. The highest BCUT2D eigenvalue weighted by Gasteiger charge is 2.32. The van der Waals surface area contributed by atoms with Crippen molar-refractivity contribution >= 4 is 23.2 Å². The van der Waals surface area contributed by atoms with Crippen molar-refractivity contribution in [1.29, 1.82) is 0 Å². The molecule has 4 rings (SSSR count). The molecular weight excluding hydrogens is 304 g/mol. The summed E-state index contributed by atoms with van der Waals surface area (Å²) in [5.74, 6) is 0.681. The van der Waals surface area contributed by atoms with E-state index in [0.29, 0.717) is 16.9 Å². The highest BCUT2D eigenvalue weighted by atomic mass is 32.1. The fourth-order valence-electron chi connectivity index (χ4n) is 2.78. The van der Waals surface area contributed by atoms with Crippen LogP contribution < -0.4 is 4.74 Å². The van der Waals surface area contributed by atoms with Crippen molar-refractivity contribution in [2.45, 2.75) is 6.10 Å². The first-order valence-corrected chi connectivity index (χ1v) is 8.36. The van der Waals surface area contributed by atoms with Crippen LogP contribution in [0.25, 0.3) is 6.08 Å². The second-order valence-corrected chi connectivity index (χ2v) is 6.17. The van der Waals surface area contributed by atoms with Crippen LogP contribution in [0.4, 0.5) is 0 Å². The maximum atomic E-state index is 13.0. The molecule has 2 aromatic carbocycles. The summed E-state index contributed by atoms with van der Waals surface area (Å²) in [5, 5.41) is 4.04. The maximum absolute atomic E-state index is 13.0. The highest BCUT2D eigenvalue weighted by molar-refractivity contribution is 7.08. The van der Waals surface area contributed by atoms with Crippen LogP contribution >= 0.6 is 11.3 Å². The van der Waals surface area contributed by atoms with Crippen molar-refractivity contribution in [2.75, 3.05) is 0 Å². The minimum atomic E-state index is -0.376. The Balaban J connectivity index is 1.87. The first-order chi connectivity index (χ1) is 11.3. The molecule has 3 heteroatoms. The number of carbonyl (C=O) groups excluding carboxylic acids is 1. The number of hydrogen-bond donors (Lipinski definition) is 0. The van der Waals surface area contributed by atoms with Crippen molar-refractivity contribution in [3.63, 3.8) is 0 Å². The Kier molecular flexibility index (Phi) is 3.56. The third kappa shape index (κ3) is 2.60. The lowest BCUT2D eigenvalue weighted by molar-refractivity contribution is 0.0963. The lowest BCUT2D eigenvalue weighted by atomic mass is 9.90. The van der Waals surface area contributed by atoms with Gasteiger partial charge in [0.25, 0.3) is 0 Å². The predicted octanol–water partition coefficient (Wildman–Crippen LogP) is 5.15. The standard InChI is InChI=1S/C20H14O2S/c21-19-16-8-4-5-9-18(16)22-20(15-6-2-1-3-7-15)17(19)12-14-10-11-23-13-14/h1-13,20H/b17-12-/t20-/m1/s1. The summed E-state index contributed by atoms with van der Waals surface area (Å²) in [6.45, 7) is 0. The number of hydrogen-bond acceptors (Lipinski definition) is 3. The molecule has 23 heavy (non-hydrogen) atoms. The van der Waals surface area contributed by atoms with Crippen LogP contribution in [0.2, 0.25) is 0 Å². The Morgan fingerprint density at radius 3 is 2.52 bits per heavy atom. The van der Waals surface area contributed by atoms with Gasteiger partial charge in [0.15, 0.2) is 11.9 Å². The summed E-state index contributed by atoms with van der Waals surface area (Å²) in [6, 6.07) is 19.3. The van der Waals surface area contributed by atoms with Gasteiger partial charge < -0.3 is 4.74 Å². The smallest absolute Gasteiger partial charge is 0.196 e. The number of thiophene rings is 1. The van der Waals surface area contributed by atoms with E-state index in [1.807, 2.05) is 77.5 Å². The first kappa shape index (κ1) is 14.0. The molecule has 112 valence electrons. The lowest BCUT2D eigenvalue weighted by Gasteiger charge is -2.28. The van der Waals surface area contributed by atoms with Gasteiger partial charge in [-0.1, -0.05) is 42.5 Å². The predicted molar refractivity (Wildman–Crippen MR) is 92.9 cm³/mol. The van der Waals surface area contributed by atoms with E-state index in [1.165, 1.54) is 0 Å². The topological polar surface area (TPSA) is 26.3 Å². The van der Waals surface area contributed by atoms with Gasteiger partial charge in [0, 0.05) is 5.57 Å². The summed E-state index contributed by atoms with van der Waals surface area (Å²) in [4.78, 5) is 13.0. The molecule has 0 fully saturated rings. The molecule has 3 aromatic rings. The highest BCUT2D eigenvalue weighted by Crippen LogP contribution is 2.39. The Hall–Kier alpha value is -2.65. The summed E-state index contributed by atoms with van der Waals surface area (Å²) in [6.07, 6.45) is 1.56. The van der Waals surface area contributed by atoms with Gasteiger partial charge in [-0.25, -0.2) is 0 Å². The molecule has 0 N–H and O–H groups in total. The molecule has 1 atom stereocenters. The van der Waals surface area contributed by atoms with Crippen molar-refractivity contribution < 1.29 is 9.53 Å². The average molecular weight is 318 g/mol. The Bertz CT molecular complexity index is 864. The number of ketones is 1. The molecule has 0 spiro atoms. The second-order valence-electron chi connectivity index (χ2n) is 5.39. The van der Waals surface area contributed by atoms with Crippen LogP contribution in [0.1, 0.15) is 27.6 Å². The zero-order valence-corrected chi connectivity index (χ0v) is 13.1. The molecule has 0 saturated carbocycles. The van der Waals surface area contributed by atoms with E-state index in [1.54, 1.807) is 11.3 Å². The first-order valence-electron chi connectivity index (χ1n) is 7.42. The van der Waals surface area contributed by atoms with Gasteiger partial charge in [-0.2, -0.15) is 11.3 Å². The quantitative estimate of drug-likeness (QED) is 0.611. The summed E-state index contributed by atoms with van der Waals surface area (Å²) < 4.78 is 6.16. The molecule has 2 heterocycles. The van der Waals surface area contributed by atoms with Crippen molar-refractivity contribution in [2.24, 2.45) is 0 Å². The second kappa shape index (κ2) is 5.86. The third-order valence-corrected chi connectivity index (χ3v) is 4.59. The van der Waals surface area contributed by atoms with Gasteiger partial charge >= 0.3 is 0 Å². The van der Waals surface area contributed by atoms with Crippen molar-refractivity contribution in [3.8, 4) is 5.75 Å². The summed E-state index contributed by atoms with van der Waals surface area (Å²) in [7, 11) is 0. The number of Topliss-reactive ketones (excluding diaryl/α,β-unsaturated/α-hetero) is 1. The number of carbonyl (C=O) groups is 1. The third-order valence-electron chi connectivity index (χ3n) is 3.89. The molecule has 0 bridgehead atoms. The van der Waals surface area contributed by atoms with Crippen molar-refractivity contribution in [3.05, 3.63) is 93.7 Å². The van der Waals surface area contributed by atoms with Crippen molar-refractivity contribution in [1.82, 2.24) is 0 Å². The SMILES string of the molecule is O=C1/C(=C/c2ccsc2)[C@@H](c2ccccc2)Oc2ccccc21. The van der Waals surface area contributed by atoms with Gasteiger partial charge in [0.2, 0.25) is 0 Å². The normalized spacial score (nSPS) is 18.5. The Morgan fingerprint density at radius 1 is 0.957 bits per heavy atom. The molecule has 2 nitrogen and oxygen atoms in total. The van der Waals surface area contributed by atoms with Crippen LogP contribution in [-0.4, -0.2) is 5.78 Å². The van der Waals surface area contributed by atoms with E-state index in [9.17, 15) is 4.79 Å². The minimum absolute atomic E-state index is 0.0342. The number of ether oxygens (including phenoxy) is 1. The lowest BCUT2D eigenvalue weighted by Crippen LogP contribution is -2.23. The fraction of sp³-hybridized carbons (Fsp3) is 0.0500. The van der Waals surface area contributed by atoms with Crippen LogP contribution in [0.5, 0.6) is 5.75 Å². The van der Waals surface area contributed by atoms with Crippen LogP contribution in [-0.2, 0) is 0 Å². The van der Waals surface area contributed by atoms with Gasteiger partial charge in [-0.05, 0) is 46.2 Å². The Morgan fingerprint density at radius 2 is 1.74 bits per heavy atom. The monoisotopic (exact) mass is 318 g/mol. The van der Waals surface area contributed by atoms with E-state index in [-0.39, 0.29) is 11.9 Å². The van der Waals surface area contributed by atoms with E-state index in [2.05, 4.69) is 0 Å². The van der Waals surface area contributed by atoms with E-state index >= 15 is 0 Å². The van der Waals surface area contributed by atoms with Crippen LogP contribution in [0.3, 0.4) is 0 Å². The summed E-state index contributed by atoms with van der Waals surface area (Å²) in [5.41, 5.74) is 3.31. The molecule has 0 radical (unpaired) electrons. The van der Waals surface area contributed by atoms with E-state index < -0.39 is 0 Å². The number of para-hydroxylation sites is 1. The summed E-state index contributed by atoms with van der Waals surface area (Å²) >= 11 is 1.62. The molecule has 0 amide bonds. The molecule has 0 aliphatic carbocycles. The van der Waals surface area contributed by atoms with E-state index in [0.717, 1.165) is 11.1 Å². The molecule has 0 saturated heterocycles. The maximum Gasteiger partial charge on any atom is 0.196 e. The number of fused-ring (bicyclic) bond motifs is 1. The molecule has 1 aliphatic heterocycles. The fourth-order valence-corrected chi connectivity index (χ4v) is 3.39. The Labute approximate surface area is 138 Å². The molecular formula is C20H14O2S. The van der Waals surface area contributed by atoms with Gasteiger partial charge in [0.1, 0.15) is 5.75 Å². The van der Waals surface area contributed by atoms with Gasteiger partial charge in [-0.15, -0.1) is 0 Å². The van der Waals surface area contributed by atoms with Crippen LogP contribution in [0.15, 0.2) is 77.0 Å². The largest absolute Gasteiger partial charge is 0.480 e. The molecule has 0 unspecified atom stereocenters. The number of rotatable bonds is 2. The van der Waals surface area contributed by atoms with E-state index in [4.69, 9.17) is 4.74 Å². The molecule has 1 aromatic heterocycles.